The SMILES string of the molecule is CC1CCc2ccccc2N1CC(=O)c1ccccc1F. The van der Waals surface area contributed by atoms with Crippen molar-refractivity contribution < 1.29 is 9.18 Å². The van der Waals surface area contributed by atoms with E-state index in [1.54, 1.807) is 18.2 Å². The highest BCUT2D eigenvalue weighted by Gasteiger charge is 2.25. The van der Waals surface area contributed by atoms with E-state index in [1.807, 2.05) is 18.2 Å². The number of ketones is 1. The van der Waals surface area contributed by atoms with E-state index in [0.717, 1.165) is 18.5 Å². The molecule has 0 bridgehead atoms. The van der Waals surface area contributed by atoms with Gasteiger partial charge in [-0.15, -0.1) is 0 Å². The van der Waals surface area contributed by atoms with Gasteiger partial charge in [-0.2, -0.15) is 0 Å². The number of anilines is 1. The van der Waals surface area contributed by atoms with Crippen molar-refractivity contribution in [3.63, 3.8) is 0 Å². The zero-order chi connectivity index (χ0) is 14.8. The number of halogens is 1. The summed E-state index contributed by atoms with van der Waals surface area (Å²) < 4.78 is 13.7. The molecule has 0 N–H and O–H groups in total. The van der Waals surface area contributed by atoms with Gasteiger partial charge >= 0.3 is 0 Å². The maximum Gasteiger partial charge on any atom is 0.185 e. The van der Waals surface area contributed by atoms with Crippen LogP contribution in [0.25, 0.3) is 0 Å². The van der Waals surface area contributed by atoms with Crippen LogP contribution in [0.15, 0.2) is 48.5 Å². The van der Waals surface area contributed by atoms with Crippen LogP contribution >= 0.6 is 0 Å². The summed E-state index contributed by atoms with van der Waals surface area (Å²) in [5.74, 6) is -0.614. The highest BCUT2D eigenvalue weighted by molar-refractivity contribution is 5.99. The maximum atomic E-state index is 13.7. The molecule has 1 heterocycles. The average Bonchev–Trinajstić information content (AvgIpc) is 2.50. The molecule has 3 heteroatoms. The first-order chi connectivity index (χ1) is 10.2. The van der Waals surface area contributed by atoms with Crippen LogP contribution in [0, 0.1) is 5.82 Å². The standard InChI is InChI=1S/C18H18FNO/c1-13-10-11-14-6-2-5-9-17(14)20(13)12-18(21)15-7-3-4-8-16(15)19/h2-9,13H,10-12H2,1H3. The quantitative estimate of drug-likeness (QED) is 0.797. The van der Waals surface area contributed by atoms with E-state index >= 15 is 0 Å². The summed E-state index contributed by atoms with van der Waals surface area (Å²) in [4.78, 5) is 14.5. The lowest BCUT2D eigenvalue weighted by atomic mass is 9.96. The number of nitrogens with zero attached hydrogens (tertiary/aromatic N) is 1. The van der Waals surface area contributed by atoms with Gasteiger partial charge < -0.3 is 4.90 Å². The summed E-state index contributed by atoms with van der Waals surface area (Å²) in [5, 5.41) is 0. The van der Waals surface area contributed by atoms with Crippen molar-refractivity contribution in [1.29, 1.82) is 0 Å². The molecule has 0 radical (unpaired) electrons. The van der Waals surface area contributed by atoms with E-state index in [-0.39, 0.29) is 23.9 Å². The predicted octanol–water partition coefficient (Wildman–Crippen LogP) is 3.85. The Bertz CT molecular complexity index is 668. The molecular formula is C18H18FNO. The Kier molecular flexibility index (Phi) is 3.74. The Morgan fingerprint density at radius 3 is 2.71 bits per heavy atom. The molecule has 1 aliphatic rings. The van der Waals surface area contributed by atoms with Crippen molar-refractivity contribution in [2.24, 2.45) is 0 Å². The molecule has 2 nitrogen and oxygen atoms in total. The first-order valence-electron chi connectivity index (χ1n) is 7.29. The molecule has 1 unspecified atom stereocenters. The second kappa shape index (κ2) is 5.68. The molecule has 108 valence electrons. The summed E-state index contributed by atoms with van der Waals surface area (Å²) in [7, 11) is 0. The second-order valence-electron chi connectivity index (χ2n) is 5.55. The van der Waals surface area contributed by atoms with E-state index in [4.69, 9.17) is 0 Å². The lowest BCUT2D eigenvalue weighted by Gasteiger charge is -2.36. The molecule has 0 aromatic heterocycles. The van der Waals surface area contributed by atoms with Crippen molar-refractivity contribution >= 4 is 11.5 Å². The molecule has 3 rings (SSSR count). The Morgan fingerprint density at radius 2 is 1.90 bits per heavy atom. The topological polar surface area (TPSA) is 20.3 Å². The molecule has 0 fully saturated rings. The third-order valence-corrected chi connectivity index (χ3v) is 4.15. The molecule has 1 aliphatic heterocycles. The van der Waals surface area contributed by atoms with Crippen LogP contribution < -0.4 is 4.90 Å². The minimum Gasteiger partial charge on any atom is -0.361 e. The van der Waals surface area contributed by atoms with E-state index in [9.17, 15) is 9.18 Å². The van der Waals surface area contributed by atoms with Crippen LogP contribution in [0.5, 0.6) is 0 Å². The number of rotatable bonds is 3. The summed E-state index contributed by atoms with van der Waals surface area (Å²) >= 11 is 0. The molecule has 21 heavy (non-hydrogen) atoms. The molecule has 0 saturated heterocycles. The molecule has 2 aromatic rings. The fraction of sp³-hybridized carbons (Fsp3) is 0.278. The van der Waals surface area contributed by atoms with Crippen molar-refractivity contribution in [1.82, 2.24) is 0 Å². The molecule has 2 aromatic carbocycles. The van der Waals surface area contributed by atoms with Crippen LogP contribution in [0.2, 0.25) is 0 Å². The fourth-order valence-electron chi connectivity index (χ4n) is 2.93. The first-order valence-corrected chi connectivity index (χ1v) is 7.29. The Hall–Kier alpha value is -2.16. The van der Waals surface area contributed by atoms with Gasteiger partial charge in [0.1, 0.15) is 5.82 Å². The molecule has 0 spiro atoms. The van der Waals surface area contributed by atoms with Crippen molar-refractivity contribution in [2.75, 3.05) is 11.4 Å². The van der Waals surface area contributed by atoms with Gasteiger partial charge in [0.15, 0.2) is 5.78 Å². The number of carbonyl (C=O) groups excluding carboxylic acids is 1. The normalized spacial score (nSPS) is 17.4. The maximum absolute atomic E-state index is 13.7. The smallest absolute Gasteiger partial charge is 0.185 e. The molecule has 1 atom stereocenters. The van der Waals surface area contributed by atoms with E-state index in [1.165, 1.54) is 11.6 Å². The van der Waals surface area contributed by atoms with Crippen molar-refractivity contribution in [3.05, 3.63) is 65.5 Å². The number of benzene rings is 2. The predicted molar refractivity (Wildman–Crippen MR) is 82.3 cm³/mol. The summed E-state index contributed by atoms with van der Waals surface area (Å²) in [6.45, 7) is 2.34. The number of hydrogen-bond acceptors (Lipinski definition) is 2. The van der Waals surface area contributed by atoms with Crippen LogP contribution in [-0.2, 0) is 6.42 Å². The van der Waals surface area contributed by atoms with Gasteiger partial charge in [-0.05, 0) is 43.5 Å². The van der Waals surface area contributed by atoms with Gasteiger partial charge in [0, 0.05) is 11.7 Å². The van der Waals surface area contributed by atoms with Crippen molar-refractivity contribution in [3.8, 4) is 0 Å². The van der Waals surface area contributed by atoms with Gasteiger partial charge in [-0.3, -0.25) is 4.79 Å². The lowest BCUT2D eigenvalue weighted by Crippen LogP contribution is -2.41. The van der Waals surface area contributed by atoms with Gasteiger partial charge in [-0.25, -0.2) is 4.39 Å². The Balaban J connectivity index is 1.88. The average molecular weight is 283 g/mol. The van der Waals surface area contributed by atoms with E-state index in [2.05, 4.69) is 17.9 Å². The van der Waals surface area contributed by atoms with Crippen LogP contribution in [0.1, 0.15) is 29.3 Å². The summed E-state index contributed by atoms with van der Waals surface area (Å²) in [6, 6.07) is 14.6. The highest BCUT2D eigenvalue weighted by atomic mass is 19.1. The lowest BCUT2D eigenvalue weighted by molar-refractivity contribution is 0.0992. The molecule has 0 amide bonds. The van der Waals surface area contributed by atoms with Gasteiger partial charge in [0.25, 0.3) is 0 Å². The third-order valence-electron chi connectivity index (χ3n) is 4.15. The number of fused-ring (bicyclic) bond motifs is 1. The largest absolute Gasteiger partial charge is 0.361 e. The second-order valence-corrected chi connectivity index (χ2v) is 5.55. The zero-order valence-electron chi connectivity index (χ0n) is 12.1. The van der Waals surface area contributed by atoms with Gasteiger partial charge in [-0.1, -0.05) is 30.3 Å². The Labute approximate surface area is 124 Å². The zero-order valence-corrected chi connectivity index (χ0v) is 12.1. The minimum atomic E-state index is -0.444. The number of hydrogen-bond donors (Lipinski definition) is 0. The monoisotopic (exact) mass is 283 g/mol. The first kappa shape index (κ1) is 13.8. The number of Topliss-reactive ketones (excluding diaryl/α,β-unsaturated/α-hetero) is 1. The van der Waals surface area contributed by atoms with E-state index < -0.39 is 5.82 Å². The molecular weight excluding hydrogens is 265 g/mol. The van der Waals surface area contributed by atoms with E-state index in [0.29, 0.717) is 0 Å². The van der Waals surface area contributed by atoms with Crippen LogP contribution in [0.4, 0.5) is 10.1 Å². The number of para-hydroxylation sites is 1. The van der Waals surface area contributed by atoms with Gasteiger partial charge in [0.05, 0.1) is 12.1 Å². The number of carbonyl (C=O) groups is 1. The molecule has 0 aliphatic carbocycles. The number of aryl methyl sites for hydroxylation is 1. The summed E-state index contributed by atoms with van der Waals surface area (Å²) in [5.41, 5.74) is 2.53. The minimum absolute atomic E-state index is 0.170. The van der Waals surface area contributed by atoms with Crippen molar-refractivity contribution in [2.45, 2.75) is 25.8 Å². The van der Waals surface area contributed by atoms with Crippen LogP contribution in [0.3, 0.4) is 0 Å². The highest BCUT2D eigenvalue weighted by Crippen LogP contribution is 2.30. The molecule has 0 saturated carbocycles. The van der Waals surface area contributed by atoms with Gasteiger partial charge in [0.2, 0.25) is 0 Å². The van der Waals surface area contributed by atoms with Crippen LogP contribution in [-0.4, -0.2) is 18.4 Å². The summed E-state index contributed by atoms with van der Waals surface area (Å²) in [6.07, 6.45) is 2.04. The Morgan fingerprint density at radius 1 is 1.19 bits per heavy atom. The fourth-order valence-corrected chi connectivity index (χ4v) is 2.93. The third kappa shape index (κ3) is 2.68.